The molecule has 1 aliphatic carbocycles. The van der Waals surface area contributed by atoms with Crippen LogP contribution in [-0.4, -0.2) is 17.5 Å². The van der Waals surface area contributed by atoms with Gasteiger partial charge in [-0.15, -0.1) is 0 Å². The Balaban J connectivity index is 2.47. The molecule has 0 radical (unpaired) electrons. The molecule has 1 rings (SSSR count). The maximum absolute atomic E-state index is 12.2. The molecule has 0 aromatic carbocycles. The van der Waals surface area contributed by atoms with Gasteiger partial charge in [0.05, 0.1) is 5.54 Å². The summed E-state index contributed by atoms with van der Waals surface area (Å²) in [6.45, 7) is 6.04. The molecule has 1 fully saturated rings. The van der Waals surface area contributed by atoms with Crippen molar-refractivity contribution in [2.24, 2.45) is 11.7 Å². The maximum Gasteiger partial charge on any atom is 0.240 e. The minimum absolute atomic E-state index is 0.0149. The van der Waals surface area contributed by atoms with Gasteiger partial charge >= 0.3 is 0 Å². The van der Waals surface area contributed by atoms with Gasteiger partial charge in [-0.1, -0.05) is 39.0 Å². The minimum Gasteiger partial charge on any atom is -0.352 e. The molecule has 0 spiro atoms. The average Bonchev–Trinajstić information content (AvgIpc) is 2.57. The lowest BCUT2D eigenvalue weighted by Crippen LogP contribution is -2.54. The van der Waals surface area contributed by atoms with Gasteiger partial charge in [-0.25, -0.2) is 0 Å². The van der Waals surface area contributed by atoms with Crippen molar-refractivity contribution in [1.82, 2.24) is 5.32 Å². The van der Waals surface area contributed by atoms with E-state index < -0.39 is 5.54 Å². The molecule has 0 heterocycles. The summed E-state index contributed by atoms with van der Waals surface area (Å²) in [5, 5.41) is 3.14. The number of hydrogen-bond donors (Lipinski definition) is 2. The molecular formula is C15H30N2O. The summed E-state index contributed by atoms with van der Waals surface area (Å²) in [4.78, 5) is 12.2. The lowest BCUT2D eigenvalue weighted by molar-refractivity contribution is -0.127. The number of carbonyl (C=O) groups is 1. The largest absolute Gasteiger partial charge is 0.352 e. The molecule has 1 saturated carbocycles. The maximum atomic E-state index is 12.2. The van der Waals surface area contributed by atoms with Crippen molar-refractivity contribution in [3.63, 3.8) is 0 Å². The van der Waals surface area contributed by atoms with Gasteiger partial charge in [0.1, 0.15) is 0 Å². The highest BCUT2D eigenvalue weighted by molar-refractivity contribution is 5.85. The van der Waals surface area contributed by atoms with Crippen molar-refractivity contribution in [3.05, 3.63) is 0 Å². The summed E-state index contributed by atoms with van der Waals surface area (Å²) in [5.74, 6) is 0.648. The second-order valence-corrected chi connectivity index (χ2v) is 6.18. The van der Waals surface area contributed by atoms with E-state index in [9.17, 15) is 4.79 Å². The highest BCUT2D eigenvalue weighted by atomic mass is 16.2. The van der Waals surface area contributed by atoms with Crippen LogP contribution < -0.4 is 11.1 Å². The van der Waals surface area contributed by atoms with E-state index in [1.54, 1.807) is 0 Å². The van der Waals surface area contributed by atoms with Crippen LogP contribution in [0, 0.1) is 5.92 Å². The van der Waals surface area contributed by atoms with Crippen LogP contribution in [0.15, 0.2) is 0 Å². The van der Waals surface area contributed by atoms with E-state index in [-0.39, 0.29) is 11.9 Å². The van der Waals surface area contributed by atoms with Crippen LogP contribution in [0.5, 0.6) is 0 Å². The Morgan fingerprint density at radius 1 is 1.33 bits per heavy atom. The first-order valence-electron chi connectivity index (χ1n) is 7.57. The third-order valence-corrected chi connectivity index (χ3v) is 4.25. The Kier molecular flexibility index (Phi) is 6.13. The first-order chi connectivity index (χ1) is 8.47. The number of carbonyl (C=O) groups excluding carboxylic acids is 1. The minimum atomic E-state index is -0.715. The molecule has 0 saturated heterocycles. The van der Waals surface area contributed by atoms with E-state index >= 15 is 0 Å². The number of rotatable bonds is 5. The SMILES string of the molecule is CCCC(C)(N)C(=O)N[C@@H](C)C1CCCCCC1. The predicted molar refractivity (Wildman–Crippen MR) is 76.3 cm³/mol. The summed E-state index contributed by atoms with van der Waals surface area (Å²) < 4.78 is 0. The van der Waals surface area contributed by atoms with Crippen LogP contribution in [0.2, 0.25) is 0 Å². The van der Waals surface area contributed by atoms with Crippen molar-refractivity contribution in [2.45, 2.75) is 83.7 Å². The second kappa shape index (κ2) is 7.13. The zero-order chi connectivity index (χ0) is 13.6. The first kappa shape index (κ1) is 15.5. The van der Waals surface area contributed by atoms with E-state index in [2.05, 4.69) is 19.2 Å². The van der Waals surface area contributed by atoms with Crippen LogP contribution >= 0.6 is 0 Å². The average molecular weight is 254 g/mol. The van der Waals surface area contributed by atoms with Gasteiger partial charge in [-0.05, 0) is 39.0 Å². The van der Waals surface area contributed by atoms with E-state index in [0.717, 1.165) is 12.8 Å². The fourth-order valence-electron chi connectivity index (χ4n) is 2.93. The third kappa shape index (κ3) is 4.60. The fraction of sp³-hybridized carbons (Fsp3) is 0.933. The standard InChI is InChI=1S/C15H30N2O/c1-4-11-15(3,16)14(18)17-12(2)13-9-7-5-6-8-10-13/h12-13H,4-11,16H2,1-3H3,(H,17,18)/t12-,15?/m0/s1. The molecule has 18 heavy (non-hydrogen) atoms. The number of nitrogens with two attached hydrogens (primary N) is 1. The van der Waals surface area contributed by atoms with Crippen LogP contribution in [0.1, 0.15) is 72.1 Å². The van der Waals surface area contributed by atoms with Gasteiger partial charge in [-0.3, -0.25) is 4.79 Å². The first-order valence-corrected chi connectivity index (χ1v) is 7.57. The quantitative estimate of drug-likeness (QED) is 0.741. The van der Waals surface area contributed by atoms with Gasteiger partial charge < -0.3 is 11.1 Å². The van der Waals surface area contributed by atoms with Crippen molar-refractivity contribution in [1.29, 1.82) is 0 Å². The normalized spacial score (nSPS) is 22.9. The van der Waals surface area contributed by atoms with Gasteiger partial charge in [0.25, 0.3) is 0 Å². The topological polar surface area (TPSA) is 55.1 Å². The Morgan fingerprint density at radius 3 is 2.39 bits per heavy atom. The molecule has 1 amide bonds. The lowest BCUT2D eigenvalue weighted by atomic mass is 9.91. The third-order valence-electron chi connectivity index (χ3n) is 4.25. The van der Waals surface area contributed by atoms with Crippen molar-refractivity contribution < 1.29 is 4.79 Å². The van der Waals surface area contributed by atoms with Crippen molar-refractivity contribution >= 4 is 5.91 Å². The second-order valence-electron chi connectivity index (χ2n) is 6.18. The highest BCUT2D eigenvalue weighted by Gasteiger charge is 2.30. The molecule has 3 heteroatoms. The summed E-state index contributed by atoms with van der Waals surface area (Å²) in [6, 6.07) is 0.260. The molecule has 2 atom stereocenters. The van der Waals surface area contributed by atoms with Gasteiger partial charge in [0, 0.05) is 6.04 Å². The van der Waals surface area contributed by atoms with Crippen LogP contribution in [0.25, 0.3) is 0 Å². The van der Waals surface area contributed by atoms with Crippen LogP contribution in [-0.2, 0) is 4.79 Å². The predicted octanol–water partition coefficient (Wildman–Crippen LogP) is 2.98. The smallest absolute Gasteiger partial charge is 0.240 e. The van der Waals surface area contributed by atoms with E-state index in [0.29, 0.717) is 5.92 Å². The molecule has 106 valence electrons. The fourth-order valence-corrected chi connectivity index (χ4v) is 2.93. The van der Waals surface area contributed by atoms with E-state index in [1.165, 1.54) is 38.5 Å². The number of nitrogens with one attached hydrogen (secondary N) is 1. The van der Waals surface area contributed by atoms with Gasteiger partial charge in [-0.2, -0.15) is 0 Å². The van der Waals surface area contributed by atoms with Gasteiger partial charge in [0.2, 0.25) is 5.91 Å². The van der Waals surface area contributed by atoms with Gasteiger partial charge in [0.15, 0.2) is 0 Å². The van der Waals surface area contributed by atoms with E-state index in [4.69, 9.17) is 5.73 Å². The molecule has 1 unspecified atom stereocenters. The van der Waals surface area contributed by atoms with Crippen molar-refractivity contribution in [2.75, 3.05) is 0 Å². The Morgan fingerprint density at radius 2 is 1.89 bits per heavy atom. The molecule has 0 aromatic heterocycles. The summed E-state index contributed by atoms with van der Waals surface area (Å²) in [6.07, 6.45) is 9.49. The molecular weight excluding hydrogens is 224 g/mol. The number of amides is 1. The number of hydrogen-bond acceptors (Lipinski definition) is 2. The van der Waals surface area contributed by atoms with Crippen LogP contribution in [0.3, 0.4) is 0 Å². The molecule has 1 aliphatic rings. The van der Waals surface area contributed by atoms with E-state index in [1.807, 2.05) is 6.92 Å². The molecule has 3 nitrogen and oxygen atoms in total. The zero-order valence-corrected chi connectivity index (χ0v) is 12.3. The molecule has 0 bridgehead atoms. The Hall–Kier alpha value is -0.570. The highest BCUT2D eigenvalue weighted by Crippen LogP contribution is 2.25. The zero-order valence-electron chi connectivity index (χ0n) is 12.3. The Bertz CT molecular complexity index is 255. The molecule has 0 aromatic rings. The Labute approximate surface area is 112 Å². The van der Waals surface area contributed by atoms with Crippen LogP contribution in [0.4, 0.5) is 0 Å². The monoisotopic (exact) mass is 254 g/mol. The van der Waals surface area contributed by atoms with Crippen molar-refractivity contribution in [3.8, 4) is 0 Å². The summed E-state index contributed by atoms with van der Waals surface area (Å²) in [7, 11) is 0. The molecule has 3 N–H and O–H groups in total. The summed E-state index contributed by atoms with van der Waals surface area (Å²) >= 11 is 0. The molecule has 0 aliphatic heterocycles. The summed E-state index contributed by atoms with van der Waals surface area (Å²) in [5.41, 5.74) is 5.35. The lowest BCUT2D eigenvalue weighted by Gasteiger charge is -2.29.